The molecule has 1 rings (SSSR count). The molecule has 0 unspecified atom stereocenters. The van der Waals surface area contributed by atoms with Crippen LogP contribution < -0.4 is 0 Å². The Labute approximate surface area is 60.1 Å². The van der Waals surface area contributed by atoms with E-state index in [2.05, 4.69) is 9.72 Å². The molecule has 0 spiro atoms. The fourth-order valence-corrected chi connectivity index (χ4v) is 0.557. The number of hydrogen-bond acceptors (Lipinski definition) is 3. The van der Waals surface area contributed by atoms with Gasteiger partial charge in [0.1, 0.15) is 5.69 Å². The Bertz CT molecular complexity index is 237. The highest BCUT2D eigenvalue weighted by Gasteiger charge is 2.02. The molecule has 1 aromatic heterocycles. The third kappa shape index (κ3) is 1.31. The number of carbonyl (C=O) groups is 1. The van der Waals surface area contributed by atoms with Gasteiger partial charge in [0.25, 0.3) is 0 Å². The van der Waals surface area contributed by atoms with Crippen molar-refractivity contribution >= 4 is 5.97 Å². The fourth-order valence-electron chi connectivity index (χ4n) is 0.557. The number of nitrogens with zero attached hydrogens (tertiary/aromatic N) is 1. The van der Waals surface area contributed by atoms with Crippen molar-refractivity contribution in [2.45, 2.75) is 0 Å². The van der Waals surface area contributed by atoms with Gasteiger partial charge in [-0.15, -0.1) is 0 Å². The summed E-state index contributed by atoms with van der Waals surface area (Å²) in [4.78, 5) is 14.6. The number of esters is 1. The summed E-state index contributed by atoms with van der Waals surface area (Å²) in [6.07, 6.45) is 1.50. The van der Waals surface area contributed by atoms with E-state index < -0.39 is 5.97 Å². The number of ether oxygens (including phenoxy) is 1. The van der Waals surface area contributed by atoms with Crippen molar-refractivity contribution in [3.8, 4) is 0 Å². The van der Waals surface area contributed by atoms with Crippen molar-refractivity contribution in [3.05, 3.63) is 30.1 Å². The van der Waals surface area contributed by atoms with Crippen LogP contribution in [0, 0.1) is 0 Å². The van der Waals surface area contributed by atoms with Crippen LogP contribution in [0.25, 0.3) is 0 Å². The van der Waals surface area contributed by atoms with E-state index in [-0.39, 0.29) is 12.8 Å². The molecule has 52 valence electrons. The SMILES string of the molecule is [2H]COC(=O)c1ccccn1. The number of carbonyl (C=O) groups excluding carboxylic acids is 1. The summed E-state index contributed by atoms with van der Waals surface area (Å²) in [5, 5.41) is 0. The Balaban J connectivity index is 2.69. The highest BCUT2D eigenvalue weighted by atomic mass is 16.5. The summed E-state index contributed by atoms with van der Waals surface area (Å²) in [5.41, 5.74) is 0.236. The van der Waals surface area contributed by atoms with Crippen LogP contribution in [0.3, 0.4) is 0 Å². The first-order valence-electron chi connectivity index (χ1n) is 3.42. The van der Waals surface area contributed by atoms with Crippen molar-refractivity contribution in [2.24, 2.45) is 0 Å². The predicted molar refractivity (Wildman–Crippen MR) is 35.6 cm³/mol. The van der Waals surface area contributed by atoms with Crippen LogP contribution in [-0.4, -0.2) is 18.0 Å². The molecule has 0 amide bonds. The molecule has 3 nitrogen and oxygen atoms in total. The molecule has 0 bridgehead atoms. The number of hydrogen-bond donors (Lipinski definition) is 0. The van der Waals surface area contributed by atoms with Gasteiger partial charge in [-0.05, 0) is 12.1 Å². The second-order valence-corrected chi connectivity index (χ2v) is 1.65. The molecule has 0 N–H and O–H groups in total. The van der Waals surface area contributed by atoms with Crippen LogP contribution in [-0.2, 0) is 4.74 Å². The van der Waals surface area contributed by atoms with Crippen LogP contribution in [0.15, 0.2) is 24.4 Å². The monoisotopic (exact) mass is 138 g/mol. The van der Waals surface area contributed by atoms with E-state index >= 15 is 0 Å². The van der Waals surface area contributed by atoms with Gasteiger partial charge in [-0.1, -0.05) is 6.07 Å². The summed E-state index contributed by atoms with van der Waals surface area (Å²) in [6, 6.07) is 4.93. The molecule has 10 heavy (non-hydrogen) atoms. The molecule has 1 aromatic rings. The lowest BCUT2D eigenvalue weighted by Gasteiger charge is -1.94. The van der Waals surface area contributed by atoms with E-state index in [4.69, 9.17) is 1.37 Å². The van der Waals surface area contributed by atoms with Gasteiger partial charge in [0.15, 0.2) is 0 Å². The van der Waals surface area contributed by atoms with Crippen LogP contribution in [0.5, 0.6) is 0 Å². The van der Waals surface area contributed by atoms with Gasteiger partial charge in [-0.2, -0.15) is 0 Å². The Kier molecular flexibility index (Phi) is 1.60. The first-order valence-corrected chi connectivity index (χ1v) is 2.72. The summed E-state index contributed by atoms with van der Waals surface area (Å²) in [6.45, 7) is 0. The van der Waals surface area contributed by atoms with Gasteiger partial charge in [0.05, 0.1) is 8.46 Å². The highest BCUT2D eigenvalue weighted by Crippen LogP contribution is 1.93. The van der Waals surface area contributed by atoms with E-state index in [0.717, 1.165) is 0 Å². The average molecular weight is 138 g/mol. The maximum absolute atomic E-state index is 10.8. The molecular weight excluding hydrogens is 130 g/mol. The van der Waals surface area contributed by atoms with E-state index in [1.165, 1.54) is 12.3 Å². The van der Waals surface area contributed by atoms with Crippen molar-refractivity contribution in [2.75, 3.05) is 7.09 Å². The highest BCUT2D eigenvalue weighted by molar-refractivity contribution is 5.86. The molecule has 0 atom stereocenters. The van der Waals surface area contributed by atoms with E-state index in [0.29, 0.717) is 0 Å². The van der Waals surface area contributed by atoms with Gasteiger partial charge in [-0.3, -0.25) is 0 Å². The molecule has 1 heterocycles. The minimum Gasteiger partial charge on any atom is -0.464 e. The molecule has 0 aromatic carbocycles. The topological polar surface area (TPSA) is 39.2 Å². The van der Waals surface area contributed by atoms with Crippen molar-refractivity contribution in [3.63, 3.8) is 0 Å². The predicted octanol–water partition coefficient (Wildman–Crippen LogP) is 0.868. The standard InChI is InChI=1S/C7H7NO2/c1-10-7(9)6-4-2-3-5-8-6/h2-5H,1H3/i1D. The number of aromatic nitrogens is 1. The smallest absolute Gasteiger partial charge is 0.356 e. The molecular formula is C7H7NO2. The zero-order valence-corrected chi connectivity index (χ0v) is 5.28. The molecule has 3 heteroatoms. The third-order valence-electron chi connectivity index (χ3n) is 1.01. The third-order valence-corrected chi connectivity index (χ3v) is 1.01. The first-order chi connectivity index (χ1) is 5.34. The second-order valence-electron chi connectivity index (χ2n) is 1.65. The second kappa shape index (κ2) is 2.96. The van der Waals surface area contributed by atoms with Crippen molar-refractivity contribution in [1.29, 1.82) is 0 Å². The number of rotatable bonds is 1. The summed E-state index contributed by atoms with van der Waals surface area (Å²) < 4.78 is 11.0. The lowest BCUT2D eigenvalue weighted by molar-refractivity contribution is 0.0594. The van der Waals surface area contributed by atoms with E-state index in [9.17, 15) is 4.79 Å². The normalized spacial score (nSPS) is 10.2. The molecule has 0 saturated carbocycles. The summed E-state index contributed by atoms with van der Waals surface area (Å²) >= 11 is 0. The van der Waals surface area contributed by atoms with Crippen LogP contribution in [0.4, 0.5) is 0 Å². The van der Waals surface area contributed by atoms with Crippen LogP contribution in [0.1, 0.15) is 11.9 Å². The van der Waals surface area contributed by atoms with Gasteiger partial charge in [0, 0.05) is 6.20 Å². The van der Waals surface area contributed by atoms with Crippen molar-refractivity contribution < 1.29 is 10.9 Å². The Morgan fingerprint density at radius 2 is 2.70 bits per heavy atom. The molecule has 0 aliphatic heterocycles. The minimum absolute atomic E-state index is 0.236. The average Bonchev–Trinajstić information content (AvgIpc) is 2.07. The maximum atomic E-state index is 10.8. The Hall–Kier alpha value is -1.38. The summed E-state index contributed by atoms with van der Waals surface area (Å²) in [7, 11) is -0.366. The lowest BCUT2D eigenvalue weighted by atomic mass is 10.4. The molecule has 0 fully saturated rings. The Morgan fingerprint density at radius 1 is 1.80 bits per heavy atom. The van der Waals surface area contributed by atoms with Gasteiger partial charge in [-0.25, -0.2) is 9.78 Å². The van der Waals surface area contributed by atoms with Gasteiger partial charge < -0.3 is 4.74 Å². The van der Waals surface area contributed by atoms with Crippen molar-refractivity contribution in [1.82, 2.24) is 4.98 Å². The zero-order valence-electron chi connectivity index (χ0n) is 6.28. The summed E-state index contributed by atoms with van der Waals surface area (Å²) in [5.74, 6) is -0.555. The maximum Gasteiger partial charge on any atom is 0.356 e. The van der Waals surface area contributed by atoms with Crippen LogP contribution >= 0.6 is 0 Å². The molecule has 0 saturated heterocycles. The molecule has 0 aliphatic carbocycles. The quantitative estimate of drug-likeness (QED) is 0.540. The van der Waals surface area contributed by atoms with E-state index in [1.54, 1.807) is 12.1 Å². The van der Waals surface area contributed by atoms with Gasteiger partial charge in [0.2, 0.25) is 0 Å². The minimum atomic E-state index is -0.555. The molecule has 0 radical (unpaired) electrons. The molecule has 0 aliphatic rings. The number of pyridine rings is 1. The number of methoxy groups -OCH3 is 1. The van der Waals surface area contributed by atoms with E-state index in [1.807, 2.05) is 0 Å². The largest absolute Gasteiger partial charge is 0.464 e. The van der Waals surface area contributed by atoms with Gasteiger partial charge >= 0.3 is 5.97 Å². The first kappa shape index (κ1) is 5.41. The fraction of sp³-hybridized carbons (Fsp3) is 0.143. The lowest BCUT2D eigenvalue weighted by Crippen LogP contribution is -2.02. The van der Waals surface area contributed by atoms with Crippen LogP contribution in [0.2, 0.25) is 0 Å². The Morgan fingerprint density at radius 3 is 3.30 bits per heavy atom. The zero-order chi connectivity index (χ0) is 8.10.